The quantitative estimate of drug-likeness (QED) is 0.188. The van der Waals surface area contributed by atoms with E-state index in [9.17, 15) is 14.7 Å². The van der Waals surface area contributed by atoms with E-state index in [1.807, 2.05) is 34.9 Å². The third kappa shape index (κ3) is 5.17. The number of ether oxygens (including phenoxy) is 4. The second-order valence-corrected chi connectivity index (χ2v) is 17.7. The Morgan fingerprint density at radius 3 is 2.49 bits per heavy atom. The number of halogens is 2. The third-order valence-electron chi connectivity index (χ3n) is 15.0. The summed E-state index contributed by atoms with van der Waals surface area (Å²) in [7, 11) is 5.61. The molecule has 2 aromatic carbocycles. The number of aromatic nitrogens is 1. The van der Waals surface area contributed by atoms with Crippen molar-refractivity contribution in [2.45, 2.75) is 93.5 Å². The number of nitrogens with zero attached hydrogens (tertiary/aromatic N) is 3. The summed E-state index contributed by atoms with van der Waals surface area (Å²) in [6.07, 6.45) is 3.34. The number of para-hydroxylation sites is 1. The van der Waals surface area contributed by atoms with Crippen LogP contribution < -0.4 is 9.64 Å². The highest BCUT2D eigenvalue weighted by atomic mass is 19.3. The number of piperidine rings is 1. The van der Waals surface area contributed by atoms with E-state index in [1.165, 1.54) is 28.3 Å². The fourth-order valence-corrected chi connectivity index (χ4v) is 13.0. The first kappa shape index (κ1) is 35.2. The van der Waals surface area contributed by atoms with Crippen molar-refractivity contribution < 1.29 is 52.7 Å². The van der Waals surface area contributed by atoms with E-state index in [-0.39, 0.29) is 60.4 Å². The van der Waals surface area contributed by atoms with E-state index in [4.69, 9.17) is 24.4 Å². The third-order valence-corrected chi connectivity index (χ3v) is 15.0. The van der Waals surface area contributed by atoms with Gasteiger partial charge in [-0.2, -0.15) is 0 Å². The van der Waals surface area contributed by atoms with E-state index in [0.29, 0.717) is 54.9 Å². The lowest BCUT2D eigenvalue weighted by Gasteiger charge is -2.63. The number of methoxy groups -OCH3 is 3. The maximum absolute atomic E-state index is 15.4. The van der Waals surface area contributed by atoms with E-state index in [1.54, 1.807) is 13.1 Å². The molecule has 0 radical (unpaired) electrons. The normalized spacial score (nSPS) is 36.7. The van der Waals surface area contributed by atoms with Gasteiger partial charge < -0.3 is 33.9 Å². The van der Waals surface area contributed by atoms with Crippen LogP contribution in [0.2, 0.25) is 0 Å². The number of aliphatic hydroxyl groups is 1. The van der Waals surface area contributed by atoms with Gasteiger partial charge >= 0.3 is 17.9 Å². The van der Waals surface area contributed by atoms with Crippen molar-refractivity contribution in [3.05, 3.63) is 70.8 Å². The fourth-order valence-electron chi connectivity index (χ4n) is 13.0. The van der Waals surface area contributed by atoms with Gasteiger partial charge in [0.05, 0.1) is 32.9 Å². The monoisotopic (exact) mass is 820 g/mol. The summed E-state index contributed by atoms with van der Waals surface area (Å²) in [6, 6.07) is 0.443. The van der Waals surface area contributed by atoms with E-state index in [0.717, 1.165) is 6.92 Å². The standard InChI is InChI=1S/C45H54F2N4O8/c1-8-42-14-11-16-51-17-15-43(36(42)51)30-19-31(34(56-5)20-33(30)49(4)37(43)45(55,40(54)58-7)38(42)59-25(2)52)44(39(53)57-6)21-26-18-27(41(3,46)47)23-50(22-26)24-29-28-12-9-10-13-32(28)48-35(29)44/h9-14,19-20,26-27,36-38,48,55H,8,15-18,21-24H2,1-7H3/t26?,27-,36?,37?,38-,42-,43-,44+,45+/m1/s1/i9D,10D,12D,13D. The van der Waals surface area contributed by atoms with Gasteiger partial charge in [-0.15, -0.1) is 0 Å². The second kappa shape index (κ2) is 13.5. The molecule has 59 heavy (non-hydrogen) atoms. The predicted octanol–water partition coefficient (Wildman–Crippen LogP) is 5.08. The van der Waals surface area contributed by atoms with Crippen molar-refractivity contribution in [1.82, 2.24) is 14.8 Å². The van der Waals surface area contributed by atoms with Crippen molar-refractivity contribution >= 4 is 34.5 Å². The topological polar surface area (TPSA) is 134 Å². The Hall–Kier alpha value is -4.53. The smallest absolute Gasteiger partial charge is 0.344 e. The summed E-state index contributed by atoms with van der Waals surface area (Å²) in [5, 5.41) is 13.5. The van der Waals surface area contributed by atoms with Crippen molar-refractivity contribution in [3.8, 4) is 5.75 Å². The van der Waals surface area contributed by atoms with Crippen LogP contribution in [0.15, 0.2) is 48.5 Å². The summed E-state index contributed by atoms with van der Waals surface area (Å²) >= 11 is 0. The molecule has 2 saturated heterocycles. The predicted molar refractivity (Wildman–Crippen MR) is 214 cm³/mol. The molecule has 1 aromatic heterocycles. The van der Waals surface area contributed by atoms with Gasteiger partial charge in [0.15, 0.2) is 6.10 Å². The second-order valence-electron chi connectivity index (χ2n) is 17.7. The first-order valence-corrected chi connectivity index (χ1v) is 20.4. The van der Waals surface area contributed by atoms with Crippen LogP contribution in [0.3, 0.4) is 0 Å². The molecule has 4 unspecified atom stereocenters. The number of alkyl halides is 2. The van der Waals surface area contributed by atoms with Gasteiger partial charge in [0, 0.05) is 96.9 Å². The lowest BCUT2D eigenvalue weighted by Crippen LogP contribution is -2.81. The van der Waals surface area contributed by atoms with Gasteiger partial charge in [0.1, 0.15) is 11.2 Å². The molecule has 1 spiro atoms. The maximum atomic E-state index is 15.4. The number of carbonyl (C=O) groups excluding carboxylic acids is 3. The number of H-pyrrole nitrogens is 1. The molecule has 0 amide bonds. The van der Waals surface area contributed by atoms with Gasteiger partial charge in [-0.1, -0.05) is 37.2 Å². The molecule has 10 atom stereocenters. The largest absolute Gasteiger partial charge is 0.496 e. The van der Waals surface area contributed by atoms with Crippen LogP contribution in [0.1, 0.15) is 74.3 Å². The van der Waals surface area contributed by atoms with Gasteiger partial charge in [0.25, 0.3) is 0 Å². The highest BCUT2D eigenvalue weighted by Gasteiger charge is 2.80. The summed E-state index contributed by atoms with van der Waals surface area (Å²) in [6.45, 7) is 5.48. The van der Waals surface area contributed by atoms with Gasteiger partial charge in [-0.3, -0.25) is 19.4 Å². The molecule has 9 rings (SSSR count). The number of hydrogen-bond acceptors (Lipinski definition) is 11. The number of nitrogens with one attached hydrogen (secondary N) is 1. The Morgan fingerprint density at radius 2 is 1.81 bits per heavy atom. The molecule has 3 fully saturated rings. The minimum absolute atomic E-state index is 0.00659. The van der Waals surface area contributed by atoms with Gasteiger partial charge in [-0.25, -0.2) is 13.6 Å². The van der Waals surface area contributed by atoms with Gasteiger partial charge in [0.2, 0.25) is 11.5 Å². The molecule has 316 valence electrons. The molecule has 5 aliphatic heterocycles. The highest BCUT2D eigenvalue weighted by Crippen LogP contribution is 2.68. The highest BCUT2D eigenvalue weighted by molar-refractivity contribution is 5.95. The Kier molecular flexibility index (Phi) is 8.06. The van der Waals surface area contributed by atoms with Crippen molar-refractivity contribution in [3.63, 3.8) is 0 Å². The molecule has 2 bridgehead atoms. The molecule has 6 heterocycles. The Labute approximate surface area is 348 Å². The van der Waals surface area contributed by atoms with E-state index >= 15 is 13.6 Å². The number of aromatic amines is 1. The molecule has 1 aliphatic carbocycles. The van der Waals surface area contributed by atoms with Crippen LogP contribution >= 0.6 is 0 Å². The zero-order chi connectivity index (χ0) is 45.5. The number of benzene rings is 2. The van der Waals surface area contributed by atoms with E-state index < -0.39 is 87.8 Å². The molecular weight excluding hydrogens is 763 g/mol. The zero-order valence-corrected chi connectivity index (χ0v) is 34.5. The van der Waals surface area contributed by atoms with Crippen LogP contribution in [0, 0.1) is 17.3 Å². The van der Waals surface area contributed by atoms with Crippen LogP contribution in [0.4, 0.5) is 14.5 Å². The maximum Gasteiger partial charge on any atom is 0.344 e. The van der Waals surface area contributed by atoms with Crippen LogP contribution in [-0.2, 0) is 46.0 Å². The minimum atomic E-state index is -3.07. The number of carbonyl (C=O) groups is 3. The summed E-state index contributed by atoms with van der Waals surface area (Å²) < 4.78 is 89.8. The van der Waals surface area contributed by atoms with Gasteiger partial charge in [-0.05, 0) is 68.3 Å². The average Bonchev–Trinajstić information content (AvgIpc) is 3.91. The van der Waals surface area contributed by atoms with E-state index in [2.05, 4.69) is 9.88 Å². The zero-order valence-electron chi connectivity index (χ0n) is 38.5. The van der Waals surface area contributed by atoms with Crippen molar-refractivity contribution in [1.29, 1.82) is 0 Å². The summed E-state index contributed by atoms with van der Waals surface area (Å²) in [5.74, 6) is -6.89. The number of hydrogen-bond donors (Lipinski definition) is 2. The summed E-state index contributed by atoms with van der Waals surface area (Å²) in [5.41, 5.74) is -4.30. The van der Waals surface area contributed by atoms with Crippen molar-refractivity contribution in [2.75, 3.05) is 59.5 Å². The number of esters is 3. The number of rotatable bonds is 7. The number of anilines is 1. The number of fused-ring (bicyclic) bond motifs is 6. The Balaban J connectivity index is 1.39. The lowest BCUT2D eigenvalue weighted by atomic mass is 9.47. The first-order valence-electron chi connectivity index (χ1n) is 22.4. The van der Waals surface area contributed by atoms with Crippen LogP contribution in [0.25, 0.3) is 10.9 Å². The van der Waals surface area contributed by atoms with Crippen LogP contribution in [0.5, 0.6) is 5.75 Å². The Morgan fingerprint density at radius 1 is 1.07 bits per heavy atom. The first-order chi connectivity index (χ1) is 29.7. The number of likely N-dealkylation sites (N-methyl/N-ethyl adjacent to an activating group) is 1. The van der Waals surface area contributed by atoms with Crippen molar-refractivity contribution in [2.24, 2.45) is 17.3 Å². The molecule has 6 aliphatic rings. The molecule has 12 nitrogen and oxygen atoms in total. The summed E-state index contributed by atoms with van der Waals surface area (Å²) in [4.78, 5) is 52.0. The SMILES string of the molecule is [2H]c1c([2H])c([2H])c2c3c([nH]c2c1[2H])[C@@](C(=O)OC)(c1cc2c(cc1OC)N(C)C1[C@]24CCN2CC=C[C@](CC)(C24)[C@@H](OC(C)=O)[C@]1(O)C(=O)OC)CC1C[C@@H](C(C)(F)F)CN(C3)C1. The average molecular weight is 821 g/mol. The fraction of sp³-hybridized carbons (Fsp3) is 0.578. The molecule has 14 heteroatoms. The molecule has 2 N–H and O–H groups in total. The molecular formula is C45H54F2N4O8. The Bertz CT molecular complexity index is 2500. The molecule has 3 aromatic rings. The molecule has 1 saturated carbocycles. The minimum Gasteiger partial charge on any atom is -0.496 e. The van der Waals surface area contributed by atoms with Crippen LogP contribution in [-0.4, -0.2) is 122 Å². The lowest BCUT2D eigenvalue weighted by molar-refractivity contribution is -0.228.